The fourth-order valence-corrected chi connectivity index (χ4v) is 8.37. The molecule has 0 atom stereocenters. The van der Waals surface area contributed by atoms with Crippen LogP contribution in [0.3, 0.4) is 0 Å². The summed E-state index contributed by atoms with van der Waals surface area (Å²) in [6.45, 7) is 1.94. The molecule has 2 aromatic heterocycles. The van der Waals surface area contributed by atoms with E-state index in [4.69, 9.17) is 14.8 Å². The molecule has 0 amide bonds. The van der Waals surface area contributed by atoms with Gasteiger partial charge in [0.05, 0.1) is 6.33 Å². The largest absolute Gasteiger partial charge is 0.476 e. The Balaban J connectivity index is 1.12. The summed E-state index contributed by atoms with van der Waals surface area (Å²) in [6.07, 6.45) is 1.82. The van der Waals surface area contributed by atoms with Crippen molar-refractivity contribution in [2.75, 3.05) is 5.32 Å². The van der Waals surface area contributed by atoms with Crippen molar-refractivity contribution >= 4 is 28.1 Å². The van der Waals surface area contributed by atoms with Crippen molar-refractivity contribution in [3.05, 3.63) is 244 Å². The molecule has 0 aliphatic carbocycles. The lowest BCUT2D eigenvalue weighted by Crippen LogP contribution is -2.38. The second kappa shape index (κ2) is 16.3. The highest BCUT2D eigenvalue weighted by Crippen LogP contribution is 2.43. The second-order valence-corrected chi connectivity index (χ2v) is 14.3. The lowest BCUT2D eigenvalue weighted by atomic mass is 9.76. The molecular weight excluding hydrogens is 727 g/mol. The number of nitrogens with zero attached hydrogens (tertiary/aromatic N) is 4. The molecule has 0 fully saturated rings. The molecule has 57 heavy (non-hydrogen) atoms. The minimum Gasteiger partial charge on any atom is -0.476 e. The number of hydrogen-bond acceptors (Lipinski definition) is 7. The third-order valence-electron chi connectivity index (χ3n) is 10.3. The summed E-state index contributed by atoms with van der Waals surface area (Å²) >= 11 is 1.30. The second-order valence-electron chi connectivity index (χ2n) is 13.5. The van der Waals surface area contributed by atoms with E-state index < -0.39 is 17.0 Å². The molecule has 2 heterocycles. The van der Waals surface area contributed by atoms with Gasteiger partial charge in [0.1, 0.15) is 22.5 Å². The first-order valence-electron chi connectivity index (χ1n) is 18.6. The molecule has 0 unspecified atom stereocenters. The van der Waals surface area contributed by atoms with Gasteiger partial charge in [-0.3, -0.25) is 0 Å². The highest BCUT2D eigenvalue weighted by atomic mass is 32.1. The molecule has 0 radical (unpaired) electrons. The molecule has 9 heteroatoms. The molecule has 0 saturated carbocycles. The highest BCUT2D eigenvalue weighted by Gasteiger charge is 2.40. The summed E-state index contributed by atoms with van der Waals surface area (Å²) in [6, 6.07) is 61.5. The SMILES string of the molecule is Cc1c(CON=C(C(=O)O)c2csc(NC(c3ccccc3)(c3ccccc3)c3ccccc3)n2)ncn1C(c1ccccc1)(c1ccccc1)c1ccccc1. The first kappa shape index (κ1) is 36.9. The fourth-order valence-electron chi connectivity index (χ4n) is 7.62. The standard InChI is InChI=1S/C48H39N5O3S/c1-35-42(49-34-53(35)48(39-26-14-5-15-27-39,40-28-16-6-17-29-40)41-30-18-7-19-31-41)32-56-52-44(45(54)55)43-33-57-46(50-43)51-47(36-20-8-2-9-21-36,37-22-10-3-11-23-37)38-24-12-4-13-25-38/h2-31,33-34H,32H2,1H3,(H,50,51)(H,54,55). The Hall–Kier alpha value is -7.10. The molecule has 0 bridgehead atoms. The van der Waals surface area contributed by atoms with Gasteiger partial charge in [0.15, 0.2) is 11.7 Å². The summed E-state index contributed by atoms with van der Waals surface area (Å²) in [4.78, 5) is 28.1. The van der Waals surface area contributed by atoms with Crippen LogP contribution in [0.1, 0.15) is 50.5 Å². The third-order valence-corrected chi connectivity index (χ3v) is 11.0. The van der Waals surface area contributed by atoms with Gasteiger partial charge in [-0.05, 0) is 40.3 Å². The molecule has 8 nitrogen and oxygen atoms in total. The van der Waals surface area contributed by atoms with Gasteiger partial charge in [0, 0.05) is 11.1 Å². The average molecular weight is 766 g/mol. The number of carboxylic acid groups (broad SMARTS) is 1. The zero-order valence-corrected chi connectivity index (χ0v) is 32.0. The number of nitrogens with one attached hydrogen (secondary N) is 1. The first-order valence-corrected chi connectivity index (χ1v) is 19.4. The molecule has 0 spiro atoms. The number of aliphatic carboxylic acids is 1. The number of thiazole rings is 1. The summed E-state index contributed by atoms with van der Waals surface area (Å²) < 4.78 is 2.16. The maximum absolute atomic E-state index is 12.7. The van der Waals surface area contributed by atoms with E-state index in [9.17, 15) is 9.90 Å². The van der Waals surface area contributed by atoms with E-state index in [0.29, 0.717) is 10.8 Å². The van der Waals surface area contributed by atoms with Gasteiger partial charge in [-0.15, -0.1) is 11.3 Å². The zero-order chi connectivity index (χ0) is 39.1. The predicted molar refractivity (Wildman–Crippen MR) is 225 cm³/mol. The van der Waals surface area contributed by atoms with Gasteiger partial charge in [0.2, 0.25) is 5.71 Å². The van der Waals surface area contributed by atoms with Crippen molar-refractivity contribution in [1.82, 2.24) is 14.5 Å². The molecule has 280 valence electrons. The molecular formula is C48H39N5O3S. The third kappa shape index (κ3) is 7.01. The average Bonchev–Trinajstić information content (AvgIpc) is 3.89. The van der Waals surface area contributed by atoms with Crippen LogP contribution in [-0.2, 0) is 27.3 Å². The minimum absolute atomic E-state index is 0.0571. The Morgan fingerprint density at radius 1 is 0.667 bits per heavy atom. The Morgan fingerprint density at radius 3 is 1.47 bits per heavy atom. The van der Waals surface area contributed by atoms with E-state index in [1.807, 2.05) is 122 Å². The smallest absolute Gasteiger partial charge is 0.360 e. The van der Waals surface area contributed by atoms with E-state index in [-0.39, 0.29) is 18.0 Å². The summed E-state index contributed by atoms with van der Waals surface area (Å²) in [5.74, 6) is -1.26. The van der Waals surface area contributed by atoms with E-state index >= 15 is 0 Å². The number of rotatable bonds is 14. The van der Waals surface area contributed by atoms with Crippen molar-refractivity contribution in [3.63, 3.8) is 0 Å². The van der Waals surface area contributed by atoms with Crippen molar-refractivity contribution < 1.29 is 14.7 Å². The number of anilines is 1. The van der Waals surface area contributed by atoms with Crippen LogP contribution in [0.4, 0.5) is 5.13 Å². The van der Waals surface area contributed by atoms with Crippen molar-refractivity contribution in [1.29, 1.82) is 0 Å². The topological polar surface area (TPSA) is 102 Å². The molecule has 0 aliphatic rings. The van der Waals surface area contributed by atoms with Crippen molar-refractivity contribution in [2.45, 2.75) is 24.6 Å². The number of carboxylic acids is 1. The van der Waals surface area contributed by atoms with Crippen LogP contribution in [0.2, 0.25) is 0 Å². The Labute approximate surface area is 335 Å². The number of carbonyl (C=O) groups is 1. The van der Waals surface area contributed by atoms with Crippen LogP contribution in [0.5, 0.6) is 0 Å². The van der Waals surface area contributed by atoms with Gasteiger partial charge in [-0.2, -0.15) is 0 Å². The highest BCUT2D eigenvalue weighted by molar-refractivity contribution is 7.14. The number of hydrogen-bond donors (Lipinski definition) is 2. The maximum atomic E-state index is 12.7. The minimum atomic E-state index is -1.26. The van der Waals surface area contributed by atoms with Crippen LogP contribution in [0.25, 0.3) is 0 Å². The van der Waals surface area contributed by atoms with Crippen LogP contribution in [0, 0.1) is 6.92 Å². The van der Waals surface area contributed by atoms with Crippen LogP contribution in [-0.4, -0.2) is 31.3 Å². The van der Waals surface area contributed by atoms with Crippen LogP contribution < -0.4 is 5.32 Å². The zero-order valence-electron chi connectivity index (χ0n) is 31.1. The monoisotopic (exact) mass is 765 g/mol. The van der Waals surface area contributed by atoms with E-state index in [0.717, 1.165) is 39.1 Å². The summed E-state index contributed by atoms with van der Waals surface area (Å²) in [5.41, 5.74) is 5.92. The van der Waals surface area contributed by atoms with E-state index in [2.05, 4.69) is 87.8 Å². The summed E-state index contributed by atoms with van der Waals surface area (Å²) in [7, 11) is 0. The lowest BCUT2D eigenvalue weighted by molar-refractivity contribution is -0.129. The van der Waals surface area contributed by atoms with Crippen molar-refractivity contribution in [2.24, 2.45) is 5.16 Å². The van der Waals surface area contributed by atoms with Gasteiger partial charge < -0.3 is 19.8 Å². The van der Waals surface area contributed by atoms with E-state index in [1.165, 1.54) is 11.3 Å². The van der Waals surface area contributed by atoms with E-state index in [1.54, 1.807) is 5.38 Å². The number of aromatic nitrogens is 3. The van der Waals surface area contributed by atoms with Gasteiger partial charge in [0.25, 0.3) is 0 Å². The Morgan fingerprint density at radius 2 is 1.07 bits per heavy atom. The molecule has 8 aromatic rings. The molecule has 8 rings (SSSR count). The lowest BCUT2D eigenvalue weighted by Gasteiger charge is -2.38. The quantitative estimate of drug-likeness (QED) is 0.0650. The molecule has 2 N–H and O–H groups in total. The Bertz CT molecular complexity index is 2390. The normalized spacial score (nSPS) is 11.9. The summed E-state index contributed by atoms with van der Waals surface area (Å²) in [5, 5.41) is 20.4. The van der Waals surface area contributed by atoms with Crippen molar-refractivity contribution in [3.8, 4) is 0 Å². The van der Waals surface area contributed by atoms with Gasteiger partial charge in [-0.25, -0.2) is 14.8 Å². The van der Waals surface area contributed by atoms with Crippen LogP contribution >= 0.6 is 11.3 Å². The Kier molecular flexibility index (Phi) is 10.6. The number of benzene rings is 6. The fraction of sp³-hybridized carbons (Fsp3) is 0.0833. The molecule has 0 aliphatic heterocycles. The number of imidazole rings is 1. The van der Waals surface area contributed by atoms with Crippen LogP contribution in [0.15, 0.2) is 199 Å². The number of oxime groups is 1. The van der Waals surface area contributed by atoms with Gasteiger partial charge >= 0.3 is 5.97 Å². The molecule has 6 aromatic carbocycles. The molecule has 0 saturated heterocycles. The maximum Gasteiger partial charge on any atom is 0.360 e. The van der Waals surface area contributed by atoms with Gasteiger partial charge in [-0.1, -0.05) is 187 Å². The predicted octanol–water partition coefficient (Wildman–Crippen LogP) is 9.90. The first-order chi connectivity index (χ1) is 28.0.